The zero-order chi connectivity index (χ0) is 48.8. The Morgan fingerprint density at radius 1 is 0.544 bits per heavy atom. The van der Waals surface area contributed by atoms with Crippen LogP contribution in [0.4, 0.5) is 22.7 Å². The van der Waals surface area contributed by atoms with Crippen molar-refractivity contribution in [3.05, 3.63) is 189 Å². The van der Waals surface area contributed by atoms with E-state index in [0.29, 0.717) is 23.7 Å². The van der Waals surface area contributed by atoms with Crippen molar-refractivity contribution in [2.24, 2.45) is 5.41 Å². The molecule has 0 saturated heterocycles. The van der Waals surface area contributed by atoms with Gasteiger partial charge in [-0.05, 0) is 174 Å². The highest BCUT2D eigenvalue weighted by Crippen LogP contribution is 2.40. The van der Waals surface area contributed by atoms with Crippen LogP contribution < -0.4 is 20.2 Å². The molecule has 0 radical (unpaired) electrons. The van der Waals surface area contributed by atoms with E-state index in [4.69, 9.17) is 6.58 Å². The highest BCUT2D eigenvalue weighted by Gasteiger charge is 2.25. The van der Waals surface area contributed by atoms with E-state index in [0.717, 1.165) is 39.7 Å². The van der Waals surface area contributed by atoms with E-state index in [9.17, 15) is 0 Å². The van der Waals surface area contributed by atoms with E-state index in [2.05, 4.69) is 226 Å². The van der Waals surface area contributed by atoms with Gasteiger partial charge in [0, 0.05) is 33.2 Å². The fourth-order valence-electron chi connectivity index (χ4n) is 10.4. The maximum Gasteiger partial charge on any atom is 0.0570 e. The van der Waals surface area contributed by atoms with Gasteiger partial charge in [-0.1, -0.05) is 187 Å². The summed E-state index contributed by atoms with van der Waals surface area (Å²) in [5, 5.41) is 2.36. The first-order valence-electron chi connectivity index (χ1n) is 26.3. The second-order valence-electron chi connectivity index (χ2n) is 22.9. The molecule has 0 heterocycles. The van der Waals surface area contributed by atoms with Crippen LogP contribution in [0.25, 0.3) is 11.4 Å². The predicted molar refractivity (Wildman–Crippen MR) is 298 cm³/mol. The molecule has 0 spiro atoms. The van der Waals surface area contributed by atoms with Crippen LogP contribution >= 0.6 is 0 Å². The molecule has 358 valence electrons. The highest BCUT2D eigenvalue weighted by molar-refractivity contribution is 5.90. The fraction of sp³-hybridized carbons (Fsp3) is 0.424. The summed E-state index contributed by atoms with van der Waals surface area (Å²) in [5.74, 6) is 2.13. The number of nitrogens with zero attached hydrogens (tertiary/aromatic N) is 2. The third-order valence-corrected chi connectivity index (χ3v) is 15.0. The van der Waals surface area contributed by atoms with Gasteiger partial charge in [0.1, 0.15) is 0 Å². The number of hydrogen-bond acceptors (Lipinski definition) is 2. The van der Waals surface area contributed by atoms with Gasteiger partial charge in [-0.3, -0.25) is 0 Å². The Labute approximate surface area is 413 Å². The van der Waals surface area contributed by atoms with Crippen molar-refractivity contribution >= 4 is 34.1 Å². The Balaban J connectivity index is 1.63. The molecule has 0 atom stereocenters. The van der Waals surface area contributed by atoms with Crippen LogP contribution in [0.2, 0.25) is 0 Å². The molecule has 2 nitrogen and oxygen atoms in total. The summed E-state index contributed by atoms with van der Waals surface area (Å²) in [4.78, 5) is 5.06. The van der Waals surface area contributed by atoms with Gasteiger partial charge in [-0.2, -0.15) is 0 Å². The van der Waals surface area contributed by atoms with Crippen molar-refractivity contribution in [3.63, 3.8) is 0 Å². The van der Waals surface area contributed by atoms with Crippen LogP contribution in [-0.2, 0) is 5.41 Å². The summed E-state index contributed by atoms with van der Waals surface area (Å²) >= 11 is 0. The normalized spacial score (nSPS) is 16.6. The molecule has 5 aromatic rings. The lowest BCUT2D eigenvalue weighted by molar-refractivity contribution is 0.443. The number of rotatable bonds is 13. The summed E-state index contributed by atoms with van der Waals surface area (Å²) in [6.07, 6.45) is 20.1. The topological polar surface area (TPSA) is 6.48 Å². The largest absolute Gasteiger partial charge is 0.310 e. The minimum atomic E-state index is -0.109. The fourth-order valence-corrected chi connectivity index (χ4v) is 10.4. The summed E-state index contributed by atoms with van der Waals surface area (Å²) in [6.45, 7) is 32.2. The Kier molecular flexibility index (Phi) is 16.3. The van der Waals surface area contributed by atoms with Gasteiger partial charge in [0.2, 0.25) is 0 Å². The number of anilines is 4. The molecule has 5 aromatic carbocycles. The van der Waals surface area contributed by atoms with Crippen molar-refractivity contribution in [1.82, 2.24) is 0 Å². The first-order valence-corrected chi connectivity index (χ1v) is 26.3. The molecule has 0 aliphatic heterocycles. The lowest BCUT2D eigenvalue weighted by atomic mass is 9.84. The highest BCUT2D eigenvalue weighted by atomic mass is 15.2. The average molecular weight is 905 g/mol. The average Bonchev–Trinajstić information content (AvgIpc) is 3.33. The first-order chi connectivity index (χ1) is 32.4. The van der Waals surface area contributed by atoms with Crippen LogP contribution in [0, 0.1) is 5.41 Å². The summed E-state index contributed by atoms with van der Waals surface area (Å²) in [5.41, 5.74) is 15.9. The third-order valence-electron chi connectivity index (χ3n) is 15.0. The molecule has 68 heavy (non-hydrogen) atoms. The van der Waals surface area contributed by atoms with Gasteiger partial charge in [0.25, 0.3) is 0 Å². The molecule has 7 rings (SSSR count). The van der Waals surface area contributed by atoms with Crippen molar-refractivity contribution in [2.75, 3.05) is 9.80 Å². The summed E-state index contributed by atoms with van der Waals surface area (Å²) in [6, 6.07) is 45.2. The maximum absolute atomic E-state index is 4.71. The Morgan fingerprint density at radius 2 is 0.956 bits per heavy atom. The van der Waals surface area contributed by atoms with E-state index < -0.39 is 0 Å². The van der Waals surface area contributed by atoms with Gasteiger partial charge in [-0.25, -0.2) is 0 Å². The monoisotopic (exact) mass is 905 g/mol. The zero-order valence-corrected chi connectivity index (χ0v) is 44.2. The summed E-state index contributed by atoms with van der Waals surface area (Å²) < 4.78 is 0. The molecule has 2 aliphatic carbocycles. The predicted octanol–water partition coefficient (Wildman–Crippen LogP) is 18.3. The molecule has 0 N–H and O–H groups in total. The van der Waals surface area contributed by atoms with Crippen molar-refractivity contribution in [1.29, 1.82) is 0 Å². The molecule has 2 heteroatoms. The van der Waals surface area contributed by atoms with Crippen LogP contribution in [0.3, 0.4) is 0 Å². The van der Waals surface area contributed by atoms with Gasteiger partial charge in [0.05, 0.1) is 11.4 Å². The van der Waals surface area contributed by atoms with Crippen LogP contribution in [0.1, 0.15) is 199 Å². The first kappa shape index (κ1) is 50.5. The Morgan fingerprint density at radius 3 is 1.34 bits per heavy atom. The van der Waals surface area contributed by atoms with Gasteiger partial charge < -0.3 is 9.80 Å². The van der Waals surface area contributed by atoms with Gasteiger partial charge >= 0.3 is 0 Å². The van der Waals surface area contributed by atoms with E-state index in [1.165, 1.54) is 108 Å². The Bertz CT molecular complexity index is 2640. The lowest BCUT2D eigenvalue weighted by Crippen LogP contribution is -2.38. The minimum Gasteiger partial charge on any atom is -0.310 e. The molecule has 2 aliphatic rings. The van der Waals surface area contributed by atoms with E-state index in [-0.39, 0.29) is 10.8 Å². The maximum atomic E-state index is 4.71. The van der Waals surface area contributed by atoms with Crippen LogP contribution in [0.5, 0.6) is 0 Å². The number of hydrogen-bond donors (Lipinski definition) is 0. The van der Waals surface area contributed by atoms with Crippen molar-refractivity contribution in [2.45, 2.75) is 176 Å². The molecule has 0 amide bonds. The lowest BCUT2D eigenvalue weighted by Gasteiger charge is -2.32. The van der Waals surface area contributed by atoms with Crippen LogP contribution in [-0.4, -0.2) is 0 Å². The van der Waals surface area contributed by atoms with E-state index in [1.807, 2.05) is 0 Å². The van der Waals surface area contributed by atoms with Crippen molar-refractivity contribution < 1.29 is 0 Å². The minimum absolute atomic E-state index is 0.0907. The molecule has 0 unspecified atom stereocenters. The quantitative estimate of drug-likeness (QED) is 0.109. The molecule has 0 aromatic heterocycles. The van der Waals surface area contributed by atoms with E-state index >= 15 is 0 Å². The Hall–Kier alpha value is -5.34. The second kappa shape index (κ2) is 22.0. The second-order valence-corrected chi connectivity index (χ2v) is 22.9. The molecule has 0 bridgehead atoms. The SMILES string of the molecule is C=C(/C=C(C)/C(=c1/ccc(C(C)(C)C)c/c1=C(/C=C/C)N(c1ccc(C(C)C)cc1)c1ccc(C2CCCCC2)cc1)N(c1ccc(C(C)C)cc1)c1ccc(C2CCCCC2)cc1)C(C)(C)C. The summed E-state index contributed by atoms with van der Waals surface area (Å²) in [7, 11) is 0. The number of allylic oxidation sites excluding steroid dienone is 3. The molecule has 2 saturated carbocycles. The van der Waals surface area contributed by atoms with Crippen molar-refractivity contribution in [3.8, 4) is 0 Å². The van der Waals surface area contributed by atoms with Crippen LogP contribution in [0.15, 0.2) is 151 Å². The smallest absolute Gasteiger partial charge is 0.0570 e. The zero-order valence-electron chi connectivity index (χ0n) is 44.2. The molecular weight excluding hydrogens is 821 g/mol. The standard InChI is InChI=1S/C66H84N2/c1-14-21-63(67(57-35-26-50(27-36-57)46(2)3)58-39-30-54(31-40-58)52-22-17-15-18-23-52)62-45-56(66(11,12)13)34-43-61(62)64(48(6)44-49(7)65(8,9)10)68(59-37-28-51(29-38-59)47(4)5)60-41-32-55(33-42-60)53-24-19-16-20-25-53/h14,21,26-47,52-53H,7,15-20,22-25H2,1-6,8-13H3/b21-14+,48-44+,63-62+,64-61+. The van der Waals surface area contributed by atoms with Gasteiger partial charge in [0.15, 0.2) is 0 Å². The molecular formula is C66H84N2. The van der Waals surface area contributed by atoms with Gasteiger partial charge in [-0.15, -0.1) is 0 Å². The van der Waals surface area contributed by atoms with E-state index in [1.54, 1.807) is 0 Å². The number of benzene rings is 5. The molecule has 2 fully saturated rings. The third kappa shape index (κ3) is 11.9.